The topological polar surface area (TPSA) is 35.2 Å². The second-order valence-electron chi connectivity index (χ2n) is 2.58. The van der Waals surface area contributed by atoms with Crippen LogP contribution in [-0.2, 0) is 0 Å². The molecule has 58 valence electrons. The predicted molar refractivity (Wildman–Crippen MR) is 43.9 cm³/mol. The number of benzene rings is 1. The van der Waals surface area contributed by atoms with Gasteiger partial charge in [0.2, 0.25) is 0 Å². The minimum absolute atomic E-state index is 0.0105. The van der Waals surface area contributed by atoms with Crippen LogP contribution in [-0.4, -0.2) is 6.61 Å². The smallest absolute Gasteiger partial charge is 0.142 e. The monoisotopic (exact) mass is 169 g/mol. The molecule has 1 aromatic rings. The van der Waals surface area contributed by atoms with Gasteiger partial charge in [-0.3, -0.25) is 0 Å². The van der Waals surface area contributed by atoms with E-state index in [0.717, 1.165) is 11.3 Å². The van der Waals surface area contributed by atoms with Crippen molar-refractivity contribution >= 4 is 11.6 Å². The number of hydrogen-bond acceptors (Lipinski definition) is 2. The number of nitrogens with two attached hydrogens (primary N) is 1. The van der Waals surface area contributed by atoms with E-state index in [2.05, 4.69) is 0 Å². The van der Waals surface area contributed by atoms with Crippen molar-refractivity contribution in [3.05, 3.63) is 28.8 Å². The summed E-state index contributed by atoms with van der Waals surface area (Å²) in [6.07, 6.45) is 0. The van der Waals surface area contributed by atoms with E-state index in [1.54, 1.807) is 6.07 Å². The van der Waals surface area contributed by atoms with Crippen molar-refractivity contribution in [2.45, 2.75) is 6.04 Å². The normalized spacial score (nSPS) is 21.1. The second kappa shape index (κ2) is 2.40. The van der Waals surface area contributed by atoms with Gasteiger partial charge in [0.15, 0.2) is 0 Å². The molecule has 1 aliphatic heterocycles. The molecule has 2 nitrogen and oxygen atoms in total. The number of para-hydroxylation sites is 1. The maximum Gasteiger partial charge on any atom is 0.142 e. The van der Waals surface area contributed by atoms with E-state index in [0.29, 0.717) is 11.6 Å². The minimum Gasteiger partial charge on any atom is -0.490 e. The Hall–Kier alpha value is -0.730. The van der Waals surface area contributed by atoms with Crippen molar-refractivity contribution in [1.82, 2.24) is 0 Å². The summed E-state index contributed by atoms with van der Waals surface area (Å²) < 4.78 is 5.28. The Balaban J connectivity index is 2.57. The molecule has 1 heterocycles. The zero-order valence-electron chi connectivity index (χ0n) is 5.88. The summed E-state index contributed by atoms with van der Waals surface area (Å²) >= 11 is 5.85. The first kappa shape index (κ1) is 6.95. The van der Waals surface area contributed by atoms with Crippen molar-refractivity contribution in [3.8, 4) is 5.75 Å². The van der Waals surface area contributed by atoms with Crippen molar-refractivity contribution in [1.29, 1.82) is 0 Å². The molecule has 0 saturated carbocycles. The summed E-state index contributed by atoms with van der Waals surface area (Å²) in [5.41, 5.74) is 6.74. The summed E-state index contributed by atoms with van der Waals surface area (Å²) in [5.74, 6) is 0.752. The molecule has 2 rings (SSSR count). The highest BCUT2D eigenvalue weighted by Gasteiger charge is 2.21. The Morgan fingerprint density at radius 2 is 2.36 bits per heavy atom. The lowest BCUT2D eigenvalue weighted by Gasteiger charge is -2.00. The molecular weight excluding hydrogens is 162 g/mol. The van der Waals surface area contributed by atoms with Crippen LogP contribution in [0.3, 0.4) is 0 Å². The van der Waals surface area contributed by atoms with Gasteiger partial charge in [-0.15, -0.1) is 0 Å². The lowest BCUT2D eigenvalue weighted by molar-refractivity contribution is 0.333. The average molecular weight is 170 g/mol. The Kier molecular flexibility index (Phi) is 1.51. The van der Waals surface area contributed by atoms with Gasteiger partial charge < -0.3 is 10.5 Å². The number of halogens is 1. The Labute approximate surface area is 69.9 Å². The zero-order chi connectivity index (χ0) is 7.84. The molecule has 0 saturated heterocycles. The van der Waals surface area contributed by atoms with Crippen LogP contribution in [0.5, 0.6) is 5.75 Å². The highest BCUT2D eigenvalue weighted by molar-refractivity contribution is 6.32. The first-order chi connectivity index (χ1) is 5.29. The summed E-state index contributed by atoms with van der Waals surface area (Å²) in [4.78, 5) is 0. The van der Waals surface area contributed by atoms with E-state index in [1.165, 1.54) is 0 Å². The fourth-order valence-corrected chi connectivity index (χ4v) is 1.47. The fourth-order valence-electron chi connectivity index (χ4n) is 1.23. The van der Waals surface area contributed by atoms with Crippen molar-refractivity contribution in [2.75, 3.05) is 6.61 Å². The molecule has 0 bridgehead atoms. The number of hydrogen-bond donors (Lipinski definition) is 1. The molecule has 0 fully saturated rings. The van der Waals surface area contributed by atoms with Gasteiger partial charge in [0, 0.05) is 5.56 Å². The van der Waals surface area contributed by atoms with Crippen molar-refractivity contribution < 1.29 is 4.74 Å². The minimum atomic E-state index is -0.0105. The van der Waals surface area contributed by atoms with Gasteiger partial charge in [0.25, 0.3) is 0 Å². The van der Waals surface area contributed by atoms with Gasteiger partial charge in [-0.05, 0) is 6.07 Å². The standard InChI is InChI=1S/C8H8ClNO/c9-6-3-1-2-5-7(10)4-11-8(5)6/h1-3,7H,4,10H2/t7-/m0/s1. The molecule has 11 heavy (non-hydrogen) atoms. The van der Waals surface area contributed by atoms with E-state index >= 15 is 0 Å². The van der Waals surface area contributed by atoms with Crippen LogP contribution >= 0.6 is 11.6 Å². The summed E-state index contributed by atoms with van der Waals surface area (Å²) in [6, 6.07) is 5.62. The van der Waals surface area contributed by atoms with Gasteiger partial charge in [-0.2, -0.15) is 0 Å². The molecule has 2 N–H and O–H groups in total. The molecule has 0 unspecified atom stereocenters. The molecule has 0 aromatic heterocycles. The molecular formula is C8H8ClNO. The molecule has 0 amide bonds. The van der Waals surface area contributed by atoms with Gasteiger partial charge in [0.05, 0.1) is 11.1 Å². The highest BCUT2D eigenvalue weighted by atomic mass is 35.5. The third kappa shape index (κ3) is 0.988. The Bertz CT molecular complexity index is 287. The van der Waals surface area contributed by atoms with Gasteiger partial charge >= 0.3 is 0 Å². The lowest BCUT2D eigenvalue weighted by Crippen LogP contribution is -2.10. The maximum atomic E-state index is 5.85. The van der Waals surface area contributed by atoms with Gasteiger partial charge in [-0.25, -0.2) is 0 Å². The molecule has 0 radical (unpaired) electrons. The number of ether oxygens (including phenoxy) is 1. The van der Waals surface area contributed by atoms with Crippen LogP contribution < -0.4 is 10.5 Å². The van der Waals surface area contributed by atoms with Crippen LogP contribution in [0.2, 0.25) is 5.02 Å². The van der Waals surface area contributed by atoms with Crippen LogP contribution in [0.4, 0.5) is 0 Å². The summed E-state index contributed by atoms with van der Waals surface area (Å²) in [7, 11) is 0. The average Bonchev–Trinajstić information content (AvgIpc) is 2.35. The van der Waals surface area contributed by atoms with Crippen molar-refractivity contribution in [2.24, 2.45) is 5.73 Å². The van der Waals surface area contributed by atoms with Crippen LogP contribution in [0.25, 0.3) is 0 Å². The van der Waals surface area contributed by atoms with Crippen molar-refractivity contribution in [3.63, 3.8) is 0 Å². The SMILES string of the molecule is N[C@H]1COc2c(Cl)cccc21. The highest BCUT2D eigenvalue weighted by Crippen LogP contribution is 2.36. The molecule has 3 heteroatoms. The Morgan fingerprint density at radius 3 is 3.09 bits per heavy atom. The molecule has 1 aromatic carbocycles. The Morgan fingerprint density at radius 1 is 1.55 bits per heavy atom. The quantitative estimate of drug-likeness (QED) is 0.642. The largest absolute Gasteiger partial charge is 0.490 e. The van der Waals surface area contributed by atoms with Crippen LogP contribution in [0.15, 0.2) is 18.2 Å². The zero-order valence-corrected chi connectivity index (χ0v) is 6.64. The lowest BCUT2D eigenvalue weighted by atomic mass is 10.1. The van der Waals surface area contributed by atoms with E-state index in [9.17, 15) is 0 Å². The molecule has 1 atom stereocenters. The molecule has 1 aliphatic rings. The summed E-state index contributed by atoms with van der Waals surface area (Å²) in [5, 5.41) is 0.649. The van der Waals surface area contributed by atoms with E-state index in [-0.39, 0.29) is 6.04 Å². The molecule has 0 aliphatic carbocycles. The van der Waals surface area contributed by atoms with E-state index in [1.807, 2.05) is 12.1 Å². The third-order valence-electron chi connectivity index (χ3n) is 1.80. The third-order valence-corrected chi connectivity index (χ3v) is 2.10. The number of fused-ring (bicyclic) bond motifs is 1. The first-order valence-corrected chi connectivity index (χ1v) is 3.83. The van der Waals surface area contributed by atoms with E-state index in [4.69, 9.17) is 22.1 Å². The fraction of sp³-hybridized carbons (Fsp3) is 0.250. The first-order valence-electron chi connectivity index (χ1n) is 3.46. The van der Waals surface area contributed by atoms with E-state index < -0.39 is 0 Å². The summed E-state index contributed by atoms with van der Waals surface area (Å²) in [6.45, 7) is 0.541. The van der Waals surface area contributed by atoms with Gasteiger partial charge in [0.1, 0.15) is 12.4 Å². The predicted octanol–water partition coefficient (Wildman–Crippen LogP) is 1.73. The van der Waals surface area contributed by atoms with Crippen LogP contribution in [0, 0.1) is 0 Å². The maximum absolute atomic E-state index is 5.85. The number of rotatable bonds is 0. The molecule has 0 spiro atoms. The van der Waals surface area contributed by atoms with Crippen LogP contribution in [0.1, 0.15) is 11.6 Å². The van der Waals surface area contributed by atoms with Gasteiger partial charge in [-0.1, -0.05) is 23.7 Å². The second-order valence-corrected chi connectivity index (χ2v) is 2.98.